The van der Waals surface area contributed by atoms with Gasteiger partial charge in [-0.05, 0) is 33.2 Å². The van der Waals surface area contributed by atoms with Gasteiger partial charge < -0.3 is 11.1 Å². The summed E-state index contributed by atoms with van der Waals surface area (Å²) in [5.41, 5.74) is 7.36. The van der Waals surface area contributed by atoms with Crippen LogP contribution in [0.15, 0.2) is 0 Å². The number of nitrogens with two attached hydrogens (primary N) is 1. The number of carbonyl (C=O) groups excluding carboxylic acids is 1. The third kappa shape index (κ3) is 3.66. The number of rotatable bonds is 6. The minimum atomic E-state index is 0.0200. The average Bonchev–Trinajstić information content (AvgIpc) is 2.56. The molecule has 1 aromatic rings. The number of carbonyl (C=O) groups is 1. The molecule has 0 spiro atoms. The van der Waals surface area contributed by atoms with Gasteiger partial charge in [-0.3, -0.25) is 9.89 Å². The second-order valence-corrected chi connectivity index (χ2v) is 3.97. The lowest BCUT2D eigenvalue weighted by molar-refractivity contribution is -0.116. The molecular weight excluding hydrogens is 204 g/mol. The van der Waals surface area contributed by atoms with Gasteiger partial charge in [-0.2, -0.15) is 5.10 Å². The van der Waals surface area contributed by atoms with Crippen LogP contribution in [0, 0.1) is 13.8 Å². The minimum Gasteiger partial charge on any atom is -0.330 e. The molecule has 0 atom stereocenters. The zero-order chi connectivity index (χ0) is 12.0. The number of amides is 1. The molecule has 4 N–H and O–H groups in total. The molecule has 1 rings (SSSR count). The van der Waals surface area contributed by atoms with Gasteiger partial charge in [-0.15, -0.1) is 0 Å². The Morgan fingerprint density at radius 2 is 2.12 bits per heavy atom. The van der Waals surface area contributed by atoms with Crippen molar-refractivity contribution in [2.24, 2.45) is 5.73 Å². The lowest BCUT2D eigenvalue weighted by atomic mass is 10.2. The fourth-order valence-corrected chi connectivity index (χ4v) is 1.41. The van der Waals surface area contributed by atoms with E-state index in [9.17, 15) is 4.79 Å². The summed E-state index contributed by atoms with van der Waals surface area (Å²) in [5.74, 6) is 0.660. The number of aromatic nitrogens is 2. The van der Waals surface area contributed by atoms with Crippen molar-refractivity contribution in [2.75, 3.05) is 11.9 Å². The molecule has 0 unspecified atom stereocenters. The molecular formula is C11H20N4O. The topological polar surface area (TPSA) is 83.8 Å². The molecule has 5 nitrogen and oxygen atoms in total. The molecule has 0 saturated carbocycles. The van der Waals surface area contributed by atoms with Gasteiger partial charge >= 0.3 is 0 Å². The molecule has 0 aromatic carbocycles. The molecule has 0 aliphatic heterocycles. The van der Waals surface area contributed by atoms with E-state index in [2.05, 4.69) is 15.5 Å². The summed E-state index contributed by atoms with van der Waals surface area (Å²) in [6, 6.07) is 0. The molecule has 0 saturated heterocycles. The zero-order valence-electron chi connectivity index (χ0n) is 9.97. The third-order valence-electron chi connectivity index (χ3n) is 2.62. The molecule has 5 heteroatoms. The number of unbranched alkanes of at least 4 members (excludes halogenated alkanes) is 2. The lowest BCUT2D eigenvalue weighted by Gasteiger charge is -2.02. The monoisotopic (exact) mass is 224 g/mol. The predicted octanol–water partition coefficient (Wildman–Crippen LogP) is 1.48. The summed E-state index contributed by atoms with van der Waals surface area (Å²) in [5, 5.41) is 9.66. The lowest BCUT2D eigenvalue weighted by Crippen LogP contribution is -2.12. The maximum atomic E-state index is 11.5. The smallest absolute Gasteiger partial charge is 0.225 e. The van der Waals surface area contributed by atoms with Crippen LogP contribution in [0.5, 0.6) is 0 Å². The number of nitrogens with zero attached hydrogens (tertiary/aromatic N) is 1. The summed E-state index contributed by atoms with van der Waals surface area (Å²) >= 11 is 0. The van der Waals surface area contributed by atoms with E-state index in [1.807, 2.05) is 13.8 Å². The van der Waals surface area contributed by atoms with Crippen molar-refractivity contribution in [2.45, 2.75) is 39.5 Å². The molecule has 0 bridgehead atoms. The van der Waals surface area contributed by atoms with Gasteiger partial charge in [-0.25, -0.2) is 0 Å². The highest BCUT2D eigenvalue weighted by molar-refractivity contribution is 5.90. The van der Waals surface area contributed by atoms with Crippen LogP contribution in [-0.4, -0.2) is 22.6 Å². The Hall–Kier alpha value is -1.36. The summed E-state index contributed by atoms with van der Waals surface area (Å²) in [7, 11) is 0. The fraction of sp³-hybridized carbons (Fsp3) is 0.636. The first-order chi connectivity index (χ1) is 7.65. The maximum absolute atomic E-state index is 11.5. The Labute approximate surface area is 95.8 Å². The second-order valence-electron chi connectivity index (χ2n) is 3.97. The number of aryl methyl sites for hydroxylation is 1. The first-order valence-corrected chi connectivity index (χ1v) is 5.66. The van der Waals surface area contributed by atoms with Gasteiger partial charge in [0.2, 0.25) is 5.91 Å². The van der Waals surface area contributed by atoms with Gasteiger partial charge in [0.05, 0.1) is 0 Å². The van der Waals surface area contributed by atoms with Crippen molar-refractivity contribution in [3.05, 3.63) is 11.3 Å². The van der Waals surface area contributed by atoms with Crippen LogP contribution in [0.4, 0.5) is 5.82 Å². The second kappa shape index (κ2) is 6.27. The van der Waals surface area contributed by atoms with Gasteiger partial charge in [0, 0.05) is 17.7 Å². The van der Waals surface area contributed by atoms with E-state index >= 15 is 0 Å². The van der Waals surface area contributed by atoms with Gasteiger partial charge in [0.15, 0.2) is 5.82 Å². The Kier molecular flexibility index (Phi) is 4.98. The normalized spacial score (nSPS) is 10.4. The van der Waals surface area contributed by atoms with Crippen molar-refractivity contribution in [3.63, 3.8) is 0 Å². The van der Waals surface area contributed by atoms with Crippen LogP contribution in [0.25, 0.3) is 0 Å². The van der Waals surface area contributed by atoms with Crippen molar-refractivity contribution >= 4 is 11.7 Å². The molecule has 0 radical (unpaired) electrons. The van der Waals surface area contributed by atoms with E-state index in [-0.39, 0.29) is 5.91 Å². The largest absolute Gasteiger partial charge is 0.330 e. The van der Waals surface area contributed by atoms with Crippen LogP contribution in [0.2, 0.25) is 0 Å². The molecule has 90 valence electrons. The minimum absolute atomic E-state index is 0.0200. The van der Waals surface area contributed by atoms with E-state index in [4.69, 9.17) is 5.73 Å². The Bertz CT molecular complexity index is 346. The van der Waals surface area contributed by atoms with E-state index < -0.39 is 0 Å². The highest BCUT2D eigenvalue weighted by Crippen LogP contribution is 2.14. The summed E-state index contributed by atoms with van der Waals surface area (Å²) in [4.78, 5) is 11.5. The summed E-state index contributed by atoms with van der Waals surface area (Å²) < 4.78 is 0. The highest BCUT2D eigenvalue weighted by atomic mass is 16.1. The van der Waals surface area contributed by atoms with E-state index in [0.29, 0.717) is 18.8 Å². The number of hydrogen-bond acceptors (Lipinski definition) is 3. The van der Waals surface area contributed by atoms with Gasteiger partial charge in [0.25, 0.3) is 0 Å². The summed E-state index contributed by atoms with van der Waals surface area (Å²) in [6.45, 7) is 4.56. The first kappa shape index (κ1) is 12.7. The van der Waals surface area contributed by atoms with E-state index in [1.54, 1.807) is 0 Å². The van der Waals surface area contributed by atoms with Crippen molar-refractivity contribution in [3.8, 4) is 0 Å². The van der Waals surface area contributed by atoms with Crippen molar-refractivity contribution in [1.29, 1.82) is 0 Å². The molecule has 1 heterocycles. The van der Waals surface area contributed by atoms with Crippen LogP contribution in [-0.2, 0) is 4.79 Å². The number of H-pyrrole nitrogens is 1. The molecule has 1 amide bonds. The molecule has 0 fully saturated rings. The van der Waals surface area contributed by atoms with Crippen molar-refractivity contribution < 1.29 is 4.79 Å². The zero-order valence-corrected chi connectivity index (χ0v) is 9.97. The van der Waals surface area contributed by atoms with Crippen LogP contribution >= 0.6 is 0 Å². The number of hydrogen-bond donors (Lipinski definition) is 3. The Morgan fingerprint density at radius 1 is 1.38 bits per heavy atom. The van der Waals surface area contributed by atoms with Crippen molar-refractivity contribution in [1.82, 2.24) is 10.2 Å². The SMILES string of the molecule is Cc1[nH]nc(NC(=O)CCCCCN)c1C. The van der Waals surface area contributed by atoms with Gasteiger partial charge in [0.1, 0.15) is 0 Å². The molecule has 16 heavy (non-hydrogen) atoms. The third-order valence-corrected chi connectivity index (χ3v) is 2.62. The molecule has 0 aliphatic carbocycles. The number of anilines is 1. The standard InChI is InChI=1S/C11H20N4O/c1-8-9(2)14-15-11(8)13-10(16)6-4-3-5-7-12/h3-7,12H2,1-2H3,(H2,13,14,15,16). The first-order valence-electron chi connectivity index (χ1n) is 5.66. The quantitative estimate of drug-likeness (QED) is 0.640. The summed E-state index contributed by atoms with van der Waals surface area (Å²) in [6.07, 6.45) is 3.40. The maximum Gasteiger partial charge on any atom is 0.225 e. The van der Waals surface area contributed by atoms with E-state index in [1.165, 1.54) is 0 Å². The number of aromatic amines is 1. The molecule has 0 aliphatic rings. The fourth-order valence-electron chi connectivity index (χ4n) is 1.41. The number of nitrogens with one attached hydrogen (secondary N) is 2. The van der Waals surface area contributed by atoms with Crippen LogP contribution < -0.4 is 11.1 Å². The Balaban J connectivity index is 2.31. The van der Waals surface area contributed by atoms with E-state index in [0.717, 1.165) is 30.5 Å². The van der Waals surface area contributed by atoms with Crippen LogP contribution in [0.1, 0.15) is 36.9 Å². The Morgan fingerprint density at radius 3 is 2.69 bits per heavy atom. The highest BCUT2D eigenvalue weighted by Gasteiger charge is 2.08. The predicted molar refractivity (Wildman–Crippen MR) is 64.2 cm³/mol. The van der Waals surface area contributed by atoms with Crippen LogP contribution in [0.3, 0.4) is 0 Å². The van der Waals surface area contributed by atoms with Gasteiger partial charge in [-0.1, -0.05) is 6.42 Å². The molecule has 1 aromatic heterocycles. The average molecular weight is 224 g/mol.